The van der Waals surface area contributed by atoms with E-state index in [2.05, 4.69) is 10.6 Å². The zero-order chi connectivity index (χ0) is 12.0. The molecule has 3 N–H and O–H groups in total. The van der Waals surface area contributed by atoms with E-state index in [-0.39, 0.29) is 12.5 Å². The molecule has 16 heavy (non-hydrogen) atoms. The summed E-state index contributed by atoms with van der Waals surface area (Å²) >= 11 is 0. The molecule has 1 rings (SSSR count). The number of anilines is 1. The van der Waals surface area contributed by atoms with E-state index in [0.717, 1.165) is 0 Å². The molecular formula is C11H15FN2O2. The Morgan fingerprint density at radius 2 is 2.31 bits per heavy atom. The predicted octanol–water partition coefficient (Wildman–Crippen LogP) is 0.735. The molecule has 0 aliphatic heterocycles. The first-order chi connectivity index (χ1) is 7.58. The number of hydrogen-bond donors (Lipinski definition) is 3. The van der Waals surface area contributed by atoms with Gasteiger partial charge in [-0.3, -0.25) is 4.79 Å². The summed E-state index contributed by atoms with van der Waals surface area (Å²) in [4.78, 5) is 11.3. The van der Waals surface area contributed by atoms with Gasteiger partial charge in [0.05, 0.1) is 12.6 Å². The normalized spacial score (nSPS) is 12.2. The van der Waals surface area contributed by atoms with Gasteiger partial charge >= 0.3 is 0 Å². The van der Waals surface area contributed by atoms with Crippen molar-refractivity contribution in [2.75, 3.05) is 18.4 Å². The van der Waals surface area contributed by atoms with Gasteiger partial charge in [0, 0.05) is 12.2 Å². The Labute approximate surface area is 93.5 Å². The highest BCUT2D eigenvalue weighted by Crippen LogP contribution is 2.08. The lowest BCUT2D eigenvalue weighted by atomic mass is 10.3. The van der Waals surface area contributed by atoms with Crippen molar-refractivity contribution in [1.82, 2.24) is 5.32 Å². The number of rotatable bonds is 5. The van der Waals surface area contributed by atoms with Crippen molar-refractivity contribution in [2.45, 2.75) is 13.0 Å². The quantitative estimate of drug-likeness (QED) is 0.693. The van der Waals surface area contributed by atoms with Gasteiger partial charge in [0.2, 0.25) is 5.91 Å². The Kier molecular flexibility index (Phi) is 4.88. The number of halogens is 1. The van der Waals surface area contributed by atoms with Crippen LogP contribution in [0.4, 0.5) is 10.1 Å². The molecule has 0 aliphatic carbocycles. The maximum absolute atomic E-state index is 12.8. The molecule has 1 amide bonds. The average Bonchev–Trinajstić information content (AvgIpc) is 2.16. The van der Waals surface area contributed by atoms with E-state index < -0.39 is 11.9 Å². The van der Waals surface area contributed by atoms with Gasteiger partial charge in [0.25, 0.3) is 0 Å². The van der Waals surface area contributed by atoms with E-state index in [1.54, 1.807) is 13.0 Å². The van der Waals surface area contributed by atoms with E-state index in [9.17, 15) is 9.18 Å². The van der Waals surface area contributed by atoms with Crippen LogP contribution in [0.5, 0.6) is 0 Å². The largest absolute Gasteiger partial charge is 0.392 e. The number of benzene rings is 1. The van der Waals surface area contributed by atoms with Gasteiger partial charge in [0.15, 0.2) is 0 Å². The Bertz CT molecular complexity index is 356. The predicted molar refractivity (Wildman–Crippen MR) is 59.6 cm³/mol. The lowest BCUT2D eigenvalue weighted by Crippen LogP contribution is -2.32. The van der Waals surface area contributed by atoms with Crippen LogP contribution in [0, 0.1) is 5.82 Å². The highest BCUT2D eigenvalue weighted by molar-refractivity contribution is 5.92. The first-order valence-electron chi connectivity index (χ1n) is 5.02. The molecule has 0 aromatic heterocycles. The second-order valence-electron chi connectivity index (χ2n) is 3.54. The van der Waals surface area contributed by atoms with Gasteiger partial charge < -0.3 is 15.7 Å². The van der Waals surface area contributed by atoms with Crippen LogP contribution in [0.2, 0.25) is 0 Å². The summed E-state index contributed by atoms with van der Waals surface area (Å²) in [5, 5.41) is 14.2. The van der Waals surface area contributed by atoms with E-state index in [4.69, 9.17) is 5.11 Å². The number of hydrogen-bond acceptors (Lipinski definition) is 3. The summed E-state index contributed by atoms with van der Waals surface area (Å²) in [6, 6.07) is 5.68. The number of carbonyl (C=O) groups excluding carboxylic acids is 1. The molecule has 0 radical (unpaired) electrons. The number of carbonyl (C=O) groups is 1. The minimum atomic E-state index is -0.498. The molecule has 0 saturated heterocycles. The van der Waals surface area contributed by atoms with Crippen LogP contribution in [-0.4, -0.2) is 30.2 Å². The van der Waals surface area contributed by atoms with E-state index in [1.807, 2.05) is 0 Å². The topological polar surface area (TPSA) is 61.4 Å². The summed E-state index contributed by atoms with van der Waals surface area (Å²) in [5.74, 6) is -0.666. The SMILES string of the molecule is CC(O)CNCC(=O)Nc1cccc(F)c1. The van der Waals surface area contributed by atoms with Crippen molar-refractivity contribution in [3.63, 3.8) is 0 Å². The van der Waals surface area contributed by atoms with Gasteiger partial charge in [-0.05, 0) is 25.1 Å². The van der Waals surface area contributed by atoms with Crippen molar-refractivity contribution in [3.05, 3.63) is 30.1 Å². The van der Waals surface area contributed by atoms with E-state index in [0.29, 0.717) is 12.2 Å². The zero-order valence-electron chi connectivity index (χ0n) is 9.03. The van der Waals surface area contributed by atoms with Crippen LogP contribution in [-0.2, 0) is 4.79 Å². The number of aliphatic hydroxyl groups excluding tert-OH is 1. The number of nitrogens with one attached hydrogen (secondary N) is 2. The van der Waals surface area contributed by atoms with Gasteiger partial charge in [-0.25, -0.2) is 4.39 Å². The van der Waals surface area contributed by atoms with Crippen LogP contribution in [0.15, 0.2) is 24.3 Å². The van der Waals surface area contributed by atoms with Gasteiger partial charge in [0.1, 0.15) is 5.82 Å². The molecule has 1 aromatic carbocycles. The minimum Gasteiger partial charge on any atom is -0.392 e. The second kappa shape index (κ2) is 6.19. The fourth-order valence-corrected chi connectivity index (χ4v) is 1.17. The van der Waals surface area contributed by atoms with Crippen molar-refractivity contribution in [3.8, 4) is 0 Å². The first kappa shape index (κ1) is 12.6. The molecule has 0 fully saturated rings. The lowest BCUT2D eigenvalue weighted by Gasteiger charge is -2.07. The van der Waals surface area contributed by atoms with Crippen LogP contribution >= 0.6 is 0 Å². The summed E-state index contributed by atoms with van der Waals surface area (Å²) < 4.78 is 12.8. The number of amides is 1. The monoisotopic (exact) mass is 226 g/mol. The molecule has 1 unspecified atom stereocenters. The minimum absolute atomic E-state index is 0.0847. The molecular weight excluding hydrogens is 211 g/mol. The van der Waals surface area contributed by atoms with Crippen molar-refractivity contribution >= 4 is 11.6 Å². The Balaban J connectivity index is 2.34. The zero-order valence-corrected chi connectivity index (χ0v) is 9.03. The van der Waals surface area contributed by atoms with Crippen LogP contribution < -0.4 is 10.6 Å². The molecule has 0 bridgehead atoms. The highest BCUT2D eigenvalue weighted by Gasteiger charge is 2.03. The maximum atomic E-state index is 12.8. The second-order valence-corrected chi connectivity index (χ2v) is 3.54. The van der Waals surface area contributed by atoms with Crippen LogP contribution in [0.3, 0.4) is 0 Å². The van der Waals surface area contributed by atoms with Crippen LogP contribution in [0.1, 0.15) is 6.92 Å². The van der Waals surface area contributed by atoms with Crippen molar-refractivity contribution < 1.29 is 14.3 Å². The third kappa shape index (κ3) is 4.86. The molecule has 5 heteroatoms. The van der Waals surface area contributed by atoms with Crippen molar-refractivity contribution in [1.29, 1.82) is 0 Å². The molecule has 0 saturated carbocycles. The van der Waals surface area contributed by atoms with E-state index in [1.165, 1.54) is 18.2 Å². The Morgan fingerprint density at radius 1 is 1.56 bits per heavy atom. The smallest absolute Gasteiger partial charge is 0.238 e. The van der Waals surface area contributed by atoms with Gasteiger partial charge in [-0.1, -0.05) is 6.07 Å². The highest BCUT2D eigenvalue weighted by atomic mass is 19.1. The molecule has 4 nitrogen and oxygen atoms in total. The average molecular weight is 226 g/mol. The summed E-state index contributed by atoms with van der Waals surface area (Å²) in [6.07, 6.45) is -0.498. The van der Waals surface area contributed by atoms with Gasteiger partial charge in [-0.15, -0.1) is 0 Å². The molecule has 0 heterocycles. The lowest BCUT2D eigenvalue weighted by molar-refractivity contribution is -0.115. The molecule has 0 aliphatic rings. The van der Waals surface area contributed by atoms with Crippen LogP contribution in [0.25, 0.3) is 0 Å². The molecule has 1 atom stereocenters. The number of aliphatic hydroxyl groups is 1. The third-order valence-corrected chi connectivity index (χ3v) is 1.83. The third-order valence-electron chi connectivity index (χ3n) is 1.83. The Morgan fingerprint density at radius 3 is 2.94 bits per heavy atom. The molecule has 88 valence electrons. The fraction of sp³-hybridized carbons (Fsp3) is 0.364. The summed E-state index contributed by atoms with van der Waals surface area (Å²) in [6.45, 7) is 2.05. The van der Waals surface area contributed by atoms with Gasteiger partial charge in [-0.2, -0.15) is 0 Å². The first-order valence-corrected chi connectivity index (χ1v) is 5.02. The maximum Gasteiger partial charge on any atom is 0.238 e. The molecule has 1 aromatic rings. The van der Waals surface area contributed by atoms with Crippen molar-refractivity contribution in [2.24, 2.45) is 0 Å². The fourth-order valence-electron chi connectivity index (χ4n) is 1.17. The Hall–Kier alpha value is -1.46. The standard InChI is InChI=1S/C11H15FN2O2/c1-8(15)6-13-7-11(16)14-10-4-2-3-9(12)5-10/h2-5,8,13,15H,6-7H2,1H3,(H,14,16). The summed E-state index contributed by atoms with van der Waals surface area (Å²) in [5.41, 5.74) is 0.420. The van der Waals surface area contributed by atoms with E-state index >= 15 is 0 Å². The molecule has 0 spiro atoms. The summed E-state index contributed by atoms with van der Waals surface area (Å²) in [7, 11) is 0.